The van der Waals surface area contributed by atoms with Crippen LogP contribution in [0.5, 0.6) is 0 Å². The first kappa shape index (κ1) is 12.4. The Morgan fingerprint density at radius 3 is 2.82 bits per heavy atom. The quantitative estimate of drug-likeness (QED) is 0.894. The summed E-state index contributed by atoms with van der Waals surface area (Å²) in [7, 11) is 0. The van der Waals surface area contributed by atoms with Crippen molar-refractivity contribution in [2.45, 2.75) is 31.8 Å². The van der Waals surface area contributed by atoms with Crippen LogP contribution in [0.3, 0.4) is 0 Å². The number of carbonyl (C=O) groups is 1. The molecule has 1 aromatic carbocycles. The van der Waals surface area contributed by atoms with Gasteiger partial charge in [0.1, 0.15) is 0 Å². The first-order valence-electron chi connectivity index (χ1n) is 5.90. The maximum Gasteiger partial charge on any atom is 0.237 e. The van der Waals surface area contributed by atoms with Crippen molar-refractivity contribution in [1.82, 2.24) is 4.90 Å². The molecule has 0 aromatic heterocycles. The Morgan fingerprint density at radius 2 is 2.29 bits per heavy atom. The van der Waals surface area contributed by atoms with Crippen LogP contribution in [0.15, 0.2) is 24.3 Å². The number of hydrogen-bond acceptors (Lipinski definition) is 2. The van der Waals surface area contributed by atoms with Gasteiger partial charge in [0, 0.05) is 11.1 Å². The lowest BCUT2D eigenvalue weighted by molar-refractivity contribution is -0.132. The minimum Gasteiger partial charge on any atom is -0.332 e. The Bertz CT molecular complexity index is 418. The number of amides is 1. The third kappa shape index (κ3) is 2.79. The van der Waals surface area contributed by atoms with E-state index in [0.717, 1.165) is 18.4 Å². The SMILES string of the molecule is C[C@@H](c1cccc(Cl)c1)N(C(=O)CN)C1CC1. The molecule has 4 heteroatoms. The first-order chi connectivity index (χ1) is 8.13. The molecular weight excluding hydrogens is 236 g/mol. The van der Waals surface area contributed by atoms with Crippen LogP contribution in [-0.2, 0) is 4.79 Å². The van der Waals surface area contributed by atoms with Crippen LogP contribution >= 0.6 is 11.6 Å². The van der Waals surface area contributed by atoms with Crippen molar-refractivity contribution >= 4 is 17.5 Å². The second-order valence-electron chi connectivity index (χ2n) is 4.47. The summed E-state index contributed by atoms with van der Waals surface area (Å²) in [5.74, 6) is 0.0139. The van der Waals surface area contributed by atoms with Gasteiger partial charge in [0.05, 0.1) is 12.6 Å². The number of halogens is 1. The average molecular weight is 253 g/mol. The van der Waals surface area contributed by atoms with E-state index in [1.54, 1.807) is 0 Å². The van der Waals surface area contributed by atoms with Crippen LogP contribution in [0.1, 0.15) is 31.4 Å². The van der Waals surface area contributed by atoms with Crippen LogP contribution in [0.4, 0.5) is 0 Å². The minimum absolute atomic E-state index is 0.0139. The Morgan fingerprint density at radius 1 is 1.59 bits per heavy atom. The second-order valence-corrected chi connectivity index (χ2v) is 4.90. The molecule has 1 aromatic rings. The molecule has 1 aliphatic rings. The molecule has 3 nitrogen and oxygen atoms in total. The molecule has 2 N–H and O–H groups in total. The molecule has 1 saturated carbocycles. The molecule has 0 radical (unpaired) electrons. The smallest absolute Gasteiger partial charge is 0.237 e. The average Bonchev–Trinajstić information content (AvgIpc) is 3.13. The Labute approximate surface area is 107 Å². The Kier molecular flexibility index (Phi) is 3.69. The van der Waals surface area contributed by atoms with Crippen molar-refractivity contribution in [2.24, 2.45) is 5.73 Å². The predicted molar refractivity (Wildman–Crippen MR) is 68.8 cm³/mol. The van der Waals surface area contributed by atoms with Gasteiger partial charge in [-0.05, 0) is 37.5 Å². The molecule has 0 heterocycles. The van der Waals surface area contributed by atoms with Crippen molar-refractivity contribution in [3.05, 3.63) is 34.9 Å². The monoisotopic (exact) mass is 252 g/mol. The van der Waals surface area contributed by atoms with E-state index >= 15 is 0 Å². The van der Waals surface area contributed by atoms with Crippen LogP contribution < -0.4 is 5.73 Å². The standard InChI is InChI=1S/C13H17ClN2O/c1-9(10-3-2-4-11(14)7-10)16(12-5-6-12)13(17)8-15/h2-4,7,9,12H,5-6,8,15H2,1H3/t9-/m0/s1. The molecule has 1 fully saturated rings. The van der Waals surface area contributed by atoms with Gasteiger partial charge in [0.15, 0.2) is 0 Å². The van der Waals surface area contributed by atoms with Gasteiger partial charge in [-0.3, -0.25) is 4.79 Å². The zero-order chi connectivity index (χ0) is 12.4. The molecule has 17 heavy (non-hydrogen) atoms. The highest BCUT2D eigenvalue weighted by Gasteiger charge is 2.35. The van der Waals surface area contributed by atoms with E-state index in [2.05, 4.69) is 0 Å². The number of carbonyl (C=O) groups excluding carboxylic acids is 1. The van der Waals surface area contributed by atoms with Gasteiger partial charge in [-0.2, -0.15) is 0 Å². The van der Waals surface area contributed by atoms with E-state index in [1.807, 2.05) is 36.1 Å². The second kappa shape index (κ2) is 5.07. The maximum atomic E-state index is 11.9. The molecule has 0 saturated heterocycles. The van der Waals surface area contributed by atoms with Crippen molar-refractivity contribution in [3.63, 3.8) is 0 Å². The van der Waals surface area contributed by atoms with E-state index in [4.69, 9.17) is 17.3 Å². The summed E-state index contributed by atoms with van der Waals surface area (Å²) in [6.07, 6.45) is 2.16. The fraction of sp³-hybridized carbons (Fsp3) is 0.462. The molecule has 1 aliphatic carbocycles. The maximum absolute atomic E-state index is 11.9. The van der Waals surface area contributed by atoms with Gasteiger partial charge >= 0.3 is 0 Å². The molecule has 92 valence electrons. The molecule has 0 aliphatic heterocycles. The van der Waals surface area contributed by atoms with Gasteiger partial charge in [-0.25, -0.2) is 0 Å². The van der Waals surface area contributed by atoms with Crippen LogP contribution in [-0.4, -0.2) is 23.4 Å². The number of benzene rings is 1. The lowest BCUT2D eigenvalue weighted by atomic mass is 10.1. The van der Waals surface area contributed by atoms with Crippen LogP contribution in [0, 0.1) is 0 Å². The summed E-state index contributed by atoms with van der Waals surface area (Å²) >= 11 is 5.97. The summed E-state index contributed by atoms with van der Waals surface area (Å²) in [6.45, 7) is 2.10. The summed E-state index contributed by atoms with van der Waals surface area (Å²) < 4.78 is 0. The first-order valence-corrected chi connectivity index (χ1v) is 6.28. The van der Waals surface area contributed by atoms with Gasteiger partial charge in [0.25, 0.3) is 0 Å². The summed E-state index contributed by atoms with van der Waals surface area (Å²) in [5.41, 5.74) is 6.53. The van der Waals surface area contributed by atoms with E-state index in [-0.39, 0.29) is 18.5 Å². The molecule has 2 rings (SSSR count). The summed E-state index contributed by atoms with van der Waals surface area (Å²) in [4.78, 5) is 13.8. The number of nitrogens with two attached hydrogens (primary N) is 1. The summed E-state index contributed by atoms with van der Waals surface area (Å²) in [6, 6.07) is 8.05. The third-order valence-electron chi connectivity index (χ3n) is 3.15. The molecule has 0 unspecified atom stereocenters. The number of rotatable bonds is 4. The largest absolute Gasteiger partial charge is 0.332 e. The van der Waals surface area contributed by atoms with Crippen molar-refractivity contribution in [1.29, 1.82) is 0 Å². The molecular formula is C13H17ClN2O. The van der Waals surface area contributed by atoms with Crippen LogP contribution in [0.25, 0.3) is 0 Å². The fourth-order valence-corrected chi connectivity index (χ4v) is 2.32. The molecule has 0 bridgehead atoms. The lowest BCUT2D eigenvalue weighted by Crippen LogP contribution is -2.39. The van der Waals surface area contributed by atoms with Gasteiger partial charge < -0.3 is 10.6 Å². The van der Waals surface area contributed by atoms with E-state index in [0.29, 0.717) is 11.1 Å². The van der Waals surface area contributed by atoms with E-state index in [1.165, 1.54) is 0 Å². The third-order valence-corrected chi connectivity index (χ3v) is 3.39. The Hall–Kier alpha value is -1.06. The normalized spacial score (nSPS) is 16.6. The van der Waals surface area contributed by atoms with Crippen molar-refractivity contribution < 1.29 is 4.79 Å². The highest BCUT2D eigenvalue weighted by Crippen LogP contribution is 2.34. The van der Waals surface area contributed by atoms with Gasteiger partial charge in [0.2, 0.25) is 5.91 Å². The molecule has 1 amide bonds. The molecule has 0 spiro atoms. The highest BCUT2D eigenvalue weighted by molar-refractivity contribution is 6.30. The van der Waals surface area contributed by atoms with Gasteiger partial charge in [-0.1, -0.05) is 23.7 Å². The zero-order valence-electron chi connectivity index (χ0n) is 9.90. The summed E-state index contributed by atoms with van der Waals surface area (Å²) in [5, 5.41) is 0.699. The van der Waals surface area contributed by atoms with Gasteiger partial charge in [-0.15, -0.1) is 0 Å². The lowest BCUT2D eigenvalue weighted by Gasteiger charge is -2.29. The predicted octanol–water partition coefficient (Wildman–Crippen LogP) is 2.35. The molecule has 1 atom stereocenters. The van der Waals surface area contributed by atoms with E-state index in [9.17, 15) is 4.79 Å². The minimum atomic E-state index is 0.0139. The zero-order valence-corrected chi connectivity index (χ0v) is 10.7. The van der Waals surface area contributed by atoms with E-state index < -0.39 is 0 Å². The topological polar surface area (TPSA) is 46.3 Å². The number of hydrogen-bond donors (Lipinski definition) is 1. The van der Waals surface area contributed by atoms with Crippen molar-refractivity contribution in [3.8, 4) is 0 Å². The van der Waals surface area contributed by atoms with Crippen LogP contribution in [0.2, 0.25) is 5.02 Å². The highest BCUT2D eigenvalue weighted by atomic mass is 35.5. The Balaban J connectivity index is 2.21. The fourth-order valence-electron chi connectivity index (χ4n) is 2.12. The number of nitrogens with zero attached hydrogens (tertiary/aromatic N) is 1. The van der Waals surface area contributed by atoms with Crippen molar-refractivity contribution in [2.75, 3.05) is 6.54 Å².